The van der Waals surface area contributed by atoms with Gasteiger partial charge in [-0.2, -0.15) is 0 Å². The van der Waals surface area contributed by atoms with Crippen LogP contribution >= 0.6 is 0 Å². The third-order valence-corrected chi connectivity index (χ3v) is 4.68. The maximum atomic E-state index is 12.1. The zero-order chi connectivity index (χ0) is 16.9. The van der Waals surface area contributed by atoms with Gasteiger partial charge >= 0.3 is 0 Å². The Labute approximate surface area is 141 Å². The van der Waals surface area contributed by atoms with Crippen molar-refractivity contribution >= 4 is 28.3 Å². The van der Waals surface area contributed by atoms with Crippen LogP contribution in [-0.4, -0.2) is 24.4 Å². The van der Waals surface area contributed by atoms with E-state index in [2.05, 4.69) is 10.6 Å². The van der Waals surface area contributed by atoms with E-state index in [0.717, 1.165) is 35.7 Å². The normalized spacial score (nSPS) is 20.0. The van der Waals surface area contributed by atoms with Crippen molar-refractivity contribution in [2.75, 3.05) is 11.9 Å². The molecule has 0 saturated heterocycles. The van der Waals surface area contributed by atoms with Gasteiger partial charge in [-0.25, -0.2) is 0 Å². The summed E-state index contributed by atoms with van der Waals surface area (Å²) in [4.78, 5) is 24.1. The van der Waals surface area contributed by atoms with E-state index < -0.39 is 0 Å². The molecule has 5 heteroatoms. The van der Waals surface area contributed by atoms with Crippen LogP contribution < -0.4 is 16.4 Å². The van der Waals surface area contributed by atoms with Gasteiger partial charge in [-0.05, 0) is 30.2 Å². The molecule has 3 rings (SSSR count). The number of amides is 2. The van der Waals surface area contributed by atoms with E-state index >= 15 is 0 Å². The molecule has 1 aliphatic rings. The van der Waals surface area contributed by atoms with Crippen LogP contribution in [0.2, 0.25) is 0 Å². The van der Waals surface area contributed by atoms with Crippen LogP contribution in [-0.2, 0) is 9.59 Å². The third-order valence-electron chi connectivity index (χ3n) is 4.68. The Balaban J connectivity index is 1.53. The molecule has 1 saturated carbocycles. The number of carbonyl (C=O) groups excluding carboxylic acids is 2. The lowest BCUT2D eigenvalue weighted by Gasteiger charge is -2.15. The Bertz CT molecular complexity index is 739. The van der Waals surface area contributed by atoms with Crippen molar-refractivity contribution in [3.63, 3.8) is 0 Å². The van der Waals surface area contributed by atoms with E-state index in [9.17, 15) is 9.59 Å². The van der Waals surface area contributed by atoms with Gasteiger partial charge < -0.3 is 16.4 Å². The Morgan fingerprint density at radius 2 is 1.83 bits per heavy atom. The summed E-state index contributed by atoms with van der Waals surface area (Å²) in [5, 5.41) is 7.60. The molecule has 5 nitrogen and oxygen atoms in total. The zero-order valence-corrected chi connectivity index (χ0v) is 13.6. The first-order chi connectivity index (χ1) is 11.6. The fraction of sp³-hybridized carbons (Fsp3) is 0.368. The molecule has 0 unspecified atom stereocenters. The predicted octanol–water partition coefficient (Wildman–Crippen LogP) is 2.41. The van der Waals surface area contributed by atoms with Crippen molar-refractivity contribution in [1.82, 2.24) is 5.32 Å². The average Bonchev–Trinajstić information content (AvgIpc) is 2.98. The first-order valence-electron chi connectivity index (χ1n) is 8.43. The van der Waals surface area contributed by atoms with Gasteiger partial charge in [0.2, 0.25) is 11.8 Å². The van der Waals surface area contributed by atoms with Crippen LogP contribution in [0, 0.1) is 5.92 Å². The summed E-state index contributed by atoms with van der Waals surface area (Å²) in [7, 11) is 0. The van der Waals surface area contributed by atoms with E-state index in [-0.39, 0.29) is 30.3 Å². The number of fused-ring (bicyclic) bond motifs is 1. The summed E-state index contributed by atoms with van der Waals surface area (Å²) in [5.41, 5.74) is 6.73. The quantitative estimate of drug-likeness (QED) is 0.789. The molecule has 0 bridgehead atoms. The van der Waals surface area contributed by atoms with Crippen molar-refractivity contribution in [1.29, 1.82) is 0 Å². The second kappa shape index (κ2) is 7.45. The minimum Gasteiger partial charge on any atom is -0.347 e. The molecular weight excluding hydrogens is 302 g/mol. The maximum absolute atomic E-state index is 12.1. The number of nitrogens with two attached hydrogens (primary N) is 1. The Morgan fingerprint density at radius 3 is 2.62 bits per heavy atom. The number of rotatable bonds is 5. The van der Waals surface area contributed by atoms with Crippen molar-refractivity contribution in [3.8, 4) is 0 Å². The summed E-state index contributed by atoms with van der Waals surface area (Å²) in [6.07, 6.45) is 3.47. The second-order valence-corrected chi connectivity index (χ2v) is 6.41. The lowest BCUT2D eigenvalue weighted by atomic mass is 10.00. The summed E-state index contributed by atoms with van der Waals surface area (Å²) >= 11 is 0. The molecular formula is C19H23N3O2. The molecule has 2 atom stereocenters. The zero-order valence-electron chi connectivity index (χ0n) is 13.6. The topological polar surface area (TPSA) is 84.2 Å². The highest BCUT2D eigenvalue weighted by atomic mass is 16.2. The van der Waals surface area contributed by atoms with Crippen LogP contribution in [0.5, 0.6) is 0 Å². The molecule has 0 spiro atoms. The first-order valence-corrected chi connectivity index (χ1v) is 8.43. The summed E-state index contributed by atoms with van der Waals surface area (Å²) in [6, 6.07) is 13.7. The maximum Gasteiger partial charge on any atom is 0.243 e. The van der Waals surface area contributed by atoms with Gasteiger partial charge in [-0.15, -0.1) is 0 Å². The van der Waals surface area contributed by atoms with Crippen LogP contribution in [0.4, 0.5) is 5.69 Å². The summed E-state index contributed by atoms with van der Waals surface area (Å²) < 4.78 is 0. The van der Waals surface area contributed by atoms with Crippen LogP contribution in [0.3, 0.4) is 0 Å². The highest BCUT2D eigenvalue weighted by Gasteiger charge is 2.26. The fourth-order valence-corrected chi connectivity index (χ4v) is 3.34. The minimum absolute atomic E-state index is 0.0238. The molecule has 126 valence electrons. The van der Waals surface area contributed by atoms with Crippen molar-refractivity contribution < 1.29 is 9.59 Å². The number of nitrogens with one attached hydrogen (secondary N) is 2. The fourth-order valence-electron chi connectivity index (χ4n) is 3.34. The molecule has 1 fully saturated rings. The number of carbonyl (C=O) groups is 2. The van der Waals surface area contributed by atoms with Gasteiger partial charge in [0.1, 0.15) is 0 Å². The third kappa shape index (κ3) is 3.92. The van der Waals surface area contributed by atoms with Gasteiger partial charge in [-0.3, -0.25) is 9.59 Å². The summed E-state index contributed by atoms with van der Waals surface area (Å²) in [5.74, 6) is -0.0908. The lowest BCUT2D eigenvalue weighted by molar-refractivity contribution is -0.124. The largest absolute Gasteiger partial charge is 0.347 e. The van der Waals surface area contributed by atoms with E-state index in [1.165, 1.54) is 0 Å². The molecule has 0 radical (unpaired) electrons. The van der Waals surface area contributed by atoms with E-state index in [1.807, 2.05) is 42.5 Å². The van der Waals surface area contributed by atoms with Gasteiger partial charge in [0.15, 0.2) is 0 Å². The average molecular weight is 325 g/mol. The molecule has 4 N–H and O–H groups in total. The molecule has 24 heavy (non-hydrogen) atoms. The van der Waals surface area contributed by atoms with E-state index in [0.29, 0.717) is 6.42 Å². The van der Waals surface area contributed by atoms with Crippen LogP contribution in [0.15, 0.2) is 42.5 Å². The standard InChI is InChI=1S/C19H23N3O2/c20-16-9-3-7-14(16)11-18(23)21-12-19(24)22-17-10-4-6-13-5-1-2-8-15(13)17/h1-2,4-6,8,10,14,16H,3,7,9,11-12,20H2,(H,21,23)(H,22,24)/t14-,16+/m0/s1. The van der Waals surface area contributed by atoms with Gasteiger partial charge in [0.05, 0.1) is 6.54 Å². The molecule has 2 amide bonds. The van der Waals surface area contributed by atoms with E-state index in [4.69, 9.17) is 5.73 Å². The smallest absolute Gasteiger partial charge is 0.243 e. The molecule has 2 aromatic carbocycles. The van der Waals surface area contributed by atoms with E-state index in [1.54, 1.807) is 0 Å². The minimum atomic E-state index is -0.226. The number of benzene rings is 2. The molecule has 0 aliphatic heterocycles. The van der Waals surface area contributed by atoms with Crippen LogP contribution in [0.1, 0.15) is 25.7 Å². The Kier molecular flexibility index (Phi) is 5.11. The summed E-state index contributed by atoms with van der Waals surface area (Å²) in [6.45, 7) is -0.0238. The molecule has 0 aromatic heterocycles. The Morgan fingerprint density at radius 1 is 1.04 bits per heavy atom. The number of hydrogen-bond acceptors (Lipinski definition) is 3. The first kappa shape index (κ1) is 16.5. The van der Waals surface area contributed by atoms with Crippen molar-refractivity contribution in [2.45, 2.75) is 31.7 Å². The number of hydrogen-bond donors (Lipinski definition) is 3. The monoisotopic (exact) mass is 325 g/mol. The van der Waals surface area contributed by atoms with Gasteiger partial charge in [-0.1, -0.05) is 42.8 Å². The predicted molar refractivity (Wildman–Crippen MR) is 95.5 cm³/mol. The highest BCUT2D eigenvalue weighted by Crippen LogP contribution is 2.26. The number of anilines is 1. The second-order valence-electron chi connectivity index (χ2n) is 6.41. The van der Waals surface area contributed by atoms with Crippen molar-refractivity contribution in [2.24, 2.45) is 11.7 Å². The van der Waals surface area contributed by atoms with Crippen LogP contribution in [0.25, 0.3) is 10.8 Å². The molecule has 1 aliphatic carbocycles. The van der Waals surface area contributed by atoms with Crippen molar-refractivity contribution in [3.05, 3.63) is 42.5 Å². The molecule has 2 aromatic rings. The van der Waals surface area contributed by atoms with Gasteiger partial charge in [0, 0.05) is 23.5 Å². The Hall–Kier alpha value is -2.40. The SMILES string of the molecule is N[C@@H]1CCC[C@H]1CC(=O)NCC(=O)Nc1cccc2ccccc12. The van der Waals surface area contributed by atoms with Gasteiger partial charge in [0.25, 0.3) is 0 Å². The molecule has 0 heterocycles. The highest BCUT2D eigenvalue weighted by molar-refractivity contribution is 6.03. The lowest BCUT2D eigenvalue weighted by Crippen LogP contribution is -2.36.